The van der Waals surface area contributed by atoms with Gasteiger partial charge in [-0.15, -0.1) is 0 Å². The lowest BCUT2D eigenvalue weighted by Gasteiger charge is -2.12. The second-order valence-corrected chi connectivity index (χ2v) is 7.26. The zero-order chi connectivity index (χ0) is 21.4. The number of amides is 3. The monoisotopic (exact) mass is 526 g/mol. The Morgan fingerprint density at radius 1 is 1.00 bits per heavy atom. The summed E-state index contributed by atoms with van der Waals surface area (Å²) < 4.78 is 5.94. The van der Waals surface area contributed by atoms with Crippen molar-refractivity contribution in [1.29, 1.82) is 0 Å². The smallest absolute Gasteiger partial charge is 0.269 e. The largest absolute Gasteiger partial charge is 0.496 e. The highest BCUT2D eigenvalue weighted by Gasteiger charge is 2.12. The average Bonchev–Trinajstić information content (AvgIpc) is 2.72. The van der Waals surface area contributed by atoms with Gasteiger partial charge >= 0.3 is 0 Å². The molecule has 10 heteroatoms. The predicted molar refractivity (Wildman–Crippen MR) is 122 cm³/mol. The van der Waals surface area contributed by atoms with E-state index in [4.69, 9.17) is 17.0 Å². The SMILES string of the molecule is CCC(=O)Nc1ccc(C(=O)NNC(=S)NC(=O)c2ccc(OC)c(I)c2)cc1. The van der Waals surface area contributed by atoms with Crippen LogP contribution >= 0.6 is 34.8 Å². The molecule has 0 radical (unpaired) electrons. The van der Waals surface area contributed by atoms with Gasteiger partial charge in [0.2, 0.25) is 5.91 Å². The zero-order valence-electron chi connectivity index (χ0n) is 15.7. The number of ether oxygens (including phenoxy) is 1. The molecule has 0 bridgehead atoms. The van der Waals surface area contributed by atoms with Crippen LogP contribution in [0.1, 0.15) is 34.1 Å². The van der Waals surface area contributed by atoms with Crippen LogP contribution in [0, 0.1) is 3.57 Å². The molecule has 0 saturated carbocycles. The minimum atomic E-state index is -0.450. The summed E-state index contributed by atoms with van der Waals surface area (Å²) in [5.74, 6) is -0.325. The summed E-state index contributed by atoms with van der Waals surface area (Å²) in [7, 11) is 1.55. The van der Waals surface area contributed by atoms with Gasteiger partial charge in [-0.1, -0.05) is 6.92 Å². The van der Waals surface area contributed by atoms with Crippen LogP contribution in [-0.2, 0) is 4.79 Å². The number of anilines is 1. The van der Waals surface area contributed by atoms with Crippen molar-refractivity contribution in [3.05, 3.63) is 57.2 Å². The van der Waals surface area contributed by atoms with E-state index in [-0.39, 0.29) is 11.0 Å². The molecule has 0 spiro atoms. The topological polar surface area (TPSA) is 109 Å². The van der Waals surface area contributed by atoms with Crippen LogP contribution in [0.5, 0.6) is 5.75 Å². The molecule has 0 saturated heterocycles. The fraction of sp³-hybridized carbons (Fsp3) is 0.158. The highest BCUT2D eigenvalue weighted by molar-refractivity contribution is 14.1. The van der Waals surface area contributed by atoms with Crippen molar-refractivity contribution >= 4 is 63.3 Å². The molecule has 152 valence electrons. The van der Waals surface area contributed by atoms with E-state index in [1.54, 1.807) is 56.5 Å². The van der Waals surface area contributed by atoms with E-state index in [0.29, 0.717) is 29.0 Å². The van der Waals surface area contributed by atoms with Gasteiger partial charge in [0.1, 0.15) is 5.75 Å². The first-order valence-corrected chi connectivity index (χ1v) is 9.97. The molecule has 0 fully saturated rings. The summed E-state index contributed by atoms with van der Waals surface area (Å²) >= 11 is 7.09. The Hall–Kier alpha value is -2.73. The van der Waals surface area contributed by atoms with Crippen molar-refractivity contribution in [1.82, 2.24) is 16.2 Å². The van der Waals surface area contributed by atoms with Crippen molar-refractivity contribution in [3.63, 3.8) is 0 Å². The summed E-state index contributed by atoms with van der Waals surface area (Å²) in [6.07, 6.45) is 0.366. The van der Waals surface area contributed by atoms with E-state index in [9.17, 15) is 14.4 Å². The summed E-state index contributed by atoms with van der Waals surface area (Å²) in [6.45, 7) is 1.75. The van der Waals surface area contributed by atoms with Crippen LogP contribution in [0.15, 0.2) is 42.5 Å². The fourth-order valence-electron chi connectivity index (χ4n) is 2.15. The van der Waals surface area contributed by atoms with E-state index in [1.165, 1.54) is 0 Å². The Kier molecular flexibility index (Phi) is 8.34. The van der Waals surface area contributed by atoms with E-state index >= 15 is 0 Å². The number of benzene rings is 2. The molecule has 2 aromatic carbocycles. The number of hydrazine groups is 1. The van der Waals surface area contributed by atoms with Gasteiger partial charge in [0, 0.05) is 23.2 Å². The molecule has 29 heavy (non-hydrogen) atoms. The molecule has 2 aromatic rings. The Morgan fingerprint density at radius 2 is 1.66 bits per heavy atom. The van der Waals surface area contributed by atoms with Crippen molar-refractivity contribution in [2.75, 3.05) is 12.4 Å². The van der Waals surface area contributed by atoms with Crippen molar-refractivity contribution in [2.45, 2.75) is 13.3 Å². The standard InChI is InChI=1S/C19H19IN4O4S/c1-3-16(25)21-13-7-4-11(5-8-13)18(27)23-24-19(29)22-17(26)12-6-9-15(28-2)14(20)10-12/h4-10H,3H2,1-2H3,(H,21,25)(H,23,27)(H2,22,24,26,29). The molecule has 2 rings (SSSR count). The van der Waals surface area contributed by atoms with E-state index in [0.717, 1.165) is 3.57 Å². The lowest BCUT2D eigenvalue weighted by atomic mass is 10.2. The number of hydrogen-bond donors (Lipinski definition) is 4. The number of halogens is 1. The number of rotatable bonds is 5. The van der Waals surface area contributed by atoms with Crippen LogP contribution in [0.4, 0.5) is 5.69 Å². The number of carbonyl (C=O) groups excluding carboxylic acids is 3. The third-order valence-electron chi connectivity index (χ3n) is 3.68. The van der Waals surface area contributed by atoms with Crippen molar-refractivity contribution in [2.24, 2.45) is 0 Å². The lowest BCUT2D eigenvalue weighted by molar-refractivity contribution is -0.115. The van der Waals surface area contributed by atoms with Gasteiger partial charge in [0.15, 0.2) is 5.11 Å². The quantitative estimate of drug-likeness (QED) is 0.271. The van der Waals surface area contributed by atoms with Crippen molar-refractivity contribution in [3.8, 4) is 5.75 Å². The molecular weight excluding hydrogens is 507 g/mol. The molecule has 4 N–H and O–H groups in total. The maximum atomic E-state index is 12.2. The van der Waals surface area contributed by atoms with E-state index in [2.05, 4.69) is 44.1 Å². The highest BCUT2D eigenvalue weighted by atomic mass is 127. The lowest BCUT2D eigenvalue weighted by Crippen LogP contribution is -2.48. The first kappa shape index (κ1) is 22.6. The fourth-order valence-corrected chi connectivity index (χ4v) is 3.03. The molecule has 0 aliphatic carbocycles. The molecule has 0 aliphatic heterocycles. The maximum absolute atomic E-state index is 12.2. The van der Waals surface area contributed by atoms with Crippen LogP contribution in [-0.4, -0.2) is 29.9 Å². The molecular formula is C19H19IN4O4S. The van der Waals surface area contributed by atoms with E-state index < -0.39 is 11.8 Å². The Bertz CT molecular complexity index is 934. The average molecular weight is 526 g/mol. The van der Waals surface area contributed by atoms with Gasteiger partial charge in [-0.25, -0.2) is 0 Å². The van der Waals surface area contributed by atoms with Gasteiger partial charge in [-0.05, 0) is 77.3 Å². The van der Waals surface area contributed by atoms with Crippen LogP contribution in [0.25, 0.3) is 0 Å². The summed E-state index contributed by atoms with van der Waals surface area (Å²) in [6, 6.07) is 11.3. The second-order valence-electron chi connectivity index (χ2n) is 5.69. The van der Waals surface area contributed by atoms with Crippen molar-refractivity contribution < 1.29 is 19.1 Å². The number of carbonyl (C=O) groups is 3. The molecule has 8 nitrogen and oxygen atoms in total. The number of thiocarbonyl (C=S) groups is 1. The van der Waals surface area contributed by atoms with E-state index in [1.807, 2.05) is 0 Å². The normalized spacial score (nSPS) is 9.90. The minimum Gasteiger partial charge on any atom is -0.496 e. The van der Waals surface area contributed by atoms with Gasteiger partial charge in [-0.3, -0.25) is 30.6 Å². The third kappa shape index (κ3) is 6.68. The first-order chi connectivity index (χ1) is 13.8. The minimum absolute atomic E-state index is 0.0546. The molecule has 0 aromatic heterocycles. The number of methoxy groups -OCH3 is 1. The molecule has 0 unspecified atom stereocenters. The molecule has 0 atom stereocenters. The predicted octanol–water partition coefficient (Wildman–Crippen LogP) is 2.60. The summed E-state index contributed by atoms with van der Waals surface area (Å²) in [4.78, 5) is 35.8. The molecule has 0 heterocycles. The molecule has 3 amide bonds. The van der Waals surface area contributed by atoms with Crippen LogP contribution in [0.3, 0.4) is 0 Å². The Balaban J connectivity index is 1.86. The Morgan fingerprint density at radius 3 is 2.24 bits per heavy atom. The highest BCUT2D eigenvalue weighted by Crippen LogP contribution is 2.21. The number of hydrogen-bond acceptors (Lipinski definition) is 5. The van der Waals surface area contributed by atoms with Gasteiger partial charge in [0.05, 0.1) is 10.7 Å². The van der Waals surface area contributed by atoms with Gasteiger partial charge < -0.3 is 10.1 Å². The summed E-state index contributed by atoms with van der Waals surface area (Å²) in [5.41, 5.74) is 6.23. The third-order valence-corrected chi connectivity index (χ3v) is 4.73. The van der Waals surface area contributed by atoms with Gasteiger partial charge in [-0.2, -0.15) is 0 Å². The Labute approximate surface area is 186 Å². The molecule has 0 aliphatic rings. The summed E-state index contributed by atoms with van der Waals surface area (Å²) in [5, 5.41) is 5.12. The van der Waals surface area contributed by atoms with Gasteiger partial charge in [0.25, 0.3) is 11.8 Å². The second kappa shape index (κ2) is 10.7. The zero-order valence-corrected chi connectivity index (χ0v) is 18.6. The van der Waals surface area contributed by atoms with Crippen LogP contribution < -0.4 is 26.2 Å². The first-order valence-electron chi connectivity index (χ1n) is 8.49. The maximum Gasteiger partial charge on any atom is 0.269 e. The van der Waals surface area contributed by atoms with Crippen LogP contribution in [0.2, 0.25) is 0 Å². The number of nitrogens with one attached hydrogen (secondary N) is 4.